The summed E-state index contributed by atoms with van der Waals surface area (Å²) in [6.45, 7) is 10.9. The van der Waals surface area contributed by atoms with Gasteiger partial charge in [-0.15, -0.1) is 0 Å². The summed E-state index contributed by atoms with van der Waals surface area (Å²) < 4.78 is 6.29. The Labute approximate surface area is 326 Å². The van der Waals surface area contributed by atoms with Gasteiger partial charge in [0.15, 0.2) is 5.78 Å². The lowest BCUT2D eigenvalue weighted by molar-refractivity contribution is -0.168. The molecule has 6 N–H and O–H groups in total. The van der Waals surface area contributed by atoms with Crippen molar-refractivity contribution in [2.75, 3.05) is 18.1 Å². The van der Waals surface area contributed by atoms with Gasteiger partial charge in [0.1, 0.15) is 11.9 Å². The molecule has 4 saturated carbocycles. The number of benzene rings is 1. The van der Waals surface area contributed by atoms with E-state index in [0.717, 1.165) is 31.2 Å². The quantitative estimate of drug-likeness (QED) is 0.185. The first-order valence-corrected chi connectivity index (χ1v) is 21.4. The maximum atomic E-state index is 14.1. The lowest BCUT2D eigenvalue weighted by Crippen LogP contribution is -2.63. The second kappa shape index (κ2) is 13.6. The zero-order valence-corrected chi connectivity index (χ0v) is 33.5. The van der Waals surface area contributed by atoms with Gasteiger partial charge in [0.2, 0.25) is 5.91 Å². The molecule has 14 unspecified atom stereocenters. The summed E-state index contributed by atoms with van der Waals surface area (Å²) in [6.07, 6.45) is 7.19. The number of amides is 1. The standard InChI is InChI=1S/C45H65NO9/c1-25(2)26(3)38-39(55-38)42(5,53)37-11-15-45(54)32-21-34(49)33-22-35(50)36(51)23-41(33,4)31(32)10-14-44(37,45)13-9-27-18-29(20-30(48)19-27)46-17-16-43(40(46)52)12-7-6-8-28(43)24-47/h18-21,25-26,28,31,33,35-39,47-48,50-51,53-54H,6-17,22-24H2,1-5H3. The molecular weight excluding hydrogens is 698 g/mol. The summed E-state index contributed by atoms with van der Waals surface area (Å²) >= 11 is 0. The van der Waals surface area contributed by atoms with Crippen molar-refractivity contribution in [3.63, 3.8) is 0 Å². The number of hydrogen-bond donors (Lipinski definition) is 6. The molecule has 10 nitrogen and oxygen atoms in total. The van der Waals surface area contributed by atoms with Gasteiger partial charge in [-0.2, -0.15) is 0 Å². The molecule has 304 valence electrons. The molecule has 1 aromatic carbocycles. The fraction of sp³-hybridized carbons (Fsp3) is 0.778. The predicted octanol–water partition coefficient (Wildman–Crippen LogP) is 5.23. The number of ether oxygens (including phenoxy) is 1. The average molecular weight is 764 g/mol. The first-order valence-electron chi connectivity index (χ1n) is 21.4. The molecule has 8 rings (SSSR count). The summed E-state index contributed by atoms with van der Waals surface area (Å²) in [5, 5.41) is 68.8. The molecule has 55 heavy (non-hydrogen) atoms. The molecule has 5 aliphatic carbocycles. The maximum absolute atomic E-state index is 14.1. The Hall–Kier alpha value is -2.34. The number of phenolic OH excluding ortho intramolecular Hbond substituents is 1. The van der Waals surface area contributed by atoms with Gasteiger partial charge in [-0.05, 0) is 142 Å². The van der Waals surface area contributed by atoms with E-state index in [9.17, 15) is 40.2 Å². The molecule has 2 saturated heterocycles. The molecule has 1 amide bonds. The Morgan fingerprint density at radius 2 is 1.75 bits per heavy atom. The lowest BCUT2D eigenvalue weighted by Gasteiger charge is -2.61. The molecule has 14 atom stereocenters. The predicted molar refractivity (Wildman–Crippen MR) is 207 cm³/mol. The van der Waals surface area contributed by atoms with Crippen LogP contribution in [-0.2, 0) is 20.7 Å². The Bertz CT molecular complexity index is 1720. The maximum Gasteiger partial charge on any atom is 0.233 e. The van der Waals surface area contributed by atoms with Gasteiger partial charge in [-0.3, -0.25) is 9.59 Å². The van der Waals surface area contributed by atoms with E-state index in [-0.39, 0.29) is 72.8 Å². The SMILES string of the molecule is CC(C)C(C)C1OC1C(C)(O)C1CCC2(O)C3=CC(=O)C4CC(O)C(O)CC4(C)C3CCC12CCc1cc(O)cc(N2CCC3(CCCCC3CO)C2=O)c1. The van der Waals surface area contributed by atoms with Crippen LogP contribution < -0.4 is 4.90 Å². The van der Waals surface area contributed by atoms with Crippen LogP contribution in [0, 0.1) is 51.8 Å². The number of rotatable bonds is 9. The Kier molecular flexibility index (Phi) is 9.78. The van der Waals surface area contributed by atoms with Crippen molar-refractivity contribution < 1.29 is 45.0 Å². The van der Waals surface area contributed by atoms with Crippen LogP contribution in [0.1, 0.15) is 117 Å². The van der Waals surface area contributed by atoms with Gasteiger partial charge in [-0.25, -0.2) is 0 Å². The number of nitrogens with zero attached hydrogens (tertiary/aromatic N) is 1. The smallest absolute Gasteiger partial charge is 0.233 e. The van der Waals surface area contributed by atoms with Crippen LogP contribution in [0.5, 0.6) is 5.75 Å². The van der Waals surface area contributed by atoms with E-state index < -0.39 is 45.6 Å². The molecule has 1 spiro atoms. The molecule has 2 aliphatic heterocycles. The van der Waals surface area contributed by atoms with Crippen molar-refractivity contribution in [3.8, 4) is 5.75 Å². The second-order valence-electron chi connectivity index (χ2n) is 20.0. The van der Waals surface area contributed by atoms with Crippen molar-refractivity contribution in [1.82, 2.24) is 0 Å². The number of aliphatic hydroxyl groups is 5. The number of aryl methyl sites for hydroxylation is 1. The fourth-order valence-electron chi connectivity index (χ4n) is 13.7. The number of aliphatic hydroxyl groups excluding tert-OH is 3. The van der Waals surface area contributed by atoms with Crippen molar-refractivity contribution in [2.45, 2.75) is 154 Å². The summed E-state index contributed by atoms with van der Waals surface area (Å²) in [5.74, 6) is -0.415. The molecule has 0 aromatic heterocycles. The van der Waals surface area contributed by atoms with Gasteiger partial charge in [0.05, 0.1) is 34.9 Å². The minimum absolute atomic E-state index is 0.00490. The van der Waals surface area contributed by atoms with Crippen molar-refractivity contribution >= 4 is 17.4 Å². The van der Waals surface area contributed by atoms with Gasteiger partial charge < -0.3 is 40.3 Å². The molecule has 7 aliphatic rings. The highest BCUT2D eigenvalue weighted by atomic mass is 16.6. The molecule has 6 fully saturated rings. The number of ketones is 1. The van der Waals surface area contributed by atoms with Crippen LogP contribution in [0.4, 0.5) is 5.69 Å². The third-order valence-corrected chi connectivity index (χ3v) is 17.2. The largest absolute Gasteiger partial charge is 0.508 e. The molecular formula is C45H65NO9. The van der Waals surface area contributed by atoms with E-state index in [1.165, 1.54) is 0 Å². The van der Waals surface area contributed by atoms with E-state index in [4.69, 9.17) is 4.74 Å². The first kappa shape index (κ1) is 39.5. The highest BCUT2D eigenvalue weighted by Crippen LogP contribution is 2.71. The minimum atomic E-state index is -1.40. The Balaban J connectivity index is 1.14. The second-order valence-corrected chi connectivity index (χ2v) is 20.0. The van der Waals surface area contributed by atoms with Gasteiger partial charge in [-0.1, -0.05) is 40.5 Å². The van der Waals surface area contributed by atoms with Crippen molar-refractivity contribution in [2.24, 2.45) is 51.8 Å². The van der Waals surface area contributed by atoms with Crippen LogP contribution in [0.2, 0.25) is 0 Å². The zero-order chi connectivity index (χ0) is 39.5. The van der Waals surface area contributed by atoms with E-state index in [2.05, 4.69) is 20.8 Å². The summed E-state index contributed by atoms with van der Waals surface area (Å²) in [7, 11) is 0. The van der Waals surface area contributed by atoms with Crippen molar-refractivity contribution in [3.05, 3.63) is 35.4 Å². The van der Waals surface area contributed by atoms with Crippen LogP contribution in [0.3, 0.4) is 0 Å². The molecule has 0 bridgehead atoms. The van der Waals surface area contributed by atoms with Gasteiger partial charge >= 0.3 is 0 Å². The number of fused-ring (bicyclic) bond motifs is 5. The Morgan fingerprint density at radius 1 is 0.982 bits per heavy atom. The normalized spacial score (nSPS) is 44.2. The number of allylic oxidation sites excluding steroid dienone is 1. The highest BCUT2D eigenvalue weighted by molar-refractivity contribution is 6.00. The number of aromatic hydroxyl groups is 1. The monoisotopic (exact) mass is 763 g/mol. The number of hydrogen-bond acceptors (Lipinski definition) is 9. The minimum Gasteiger partial charge on any atom is -0.508 e. The third kappa shape index (κ3) is 5.84. The Morgan fingerprint density at radius 3 is 2.47 bits per heavy atom. The van der Waals surface area contributed by atoms with Crippen molar-refractivity contribution in [1.29, 1.82) is 0 Å². The van der Waals surface area contributed by atoms with Crippen LogP contribution in [0.25, 0.3) is 0 Å². The van der Waals surface area contributed by atoms with Gasteiger partial charge in [0.25, 0.3) is 0 Å². The molecule has 1 aromatic rings. The van der Waals surface area contributed by atoms with Crippen LogP contribution in [-0.4, -0.2) is 91.1 Å². The molecule has 2 heterocycles. The number of carbonyl (C=O) groups excluding carboxylic acids is 2. The van der Waals surface area contributed by atoms with Crippen LogP contribution in [0.15, 0.2) is 29.8 Å². The van der Waals surface area contributed by atoms with E-state index >= 15 is 0 Å². The number of carbonyl (C=O) groups is 2. The zero-order valence-electron chi connectivity index (χ0n) is 33.5. The summed E-state index contributed by atoms with van der Waals surface area (Å²) in [6, 6.07) is 5.35. The number of phenols is 1. The van der Waals surface area contributed by atoms with E-state index in [1.54, 1.807) is 23.1 Å². The van der Waals surface area contributed by atoms with E-state index in [0.29, 0.717) is 68.7 Å². The summed E-state index contributed by atoms with van der Waals surface area (Å²) in [5.41, 5.74) is -2.50. The van der Waals surface area contributed by atoms with E-state index in [1.807, 2.05) is 19.9 Å². The third-order valence-electron chi connectivity index (χ3n) is 17.2. The van der Waals surface area contributed by atoms with Gasteiger partial charge in [0, 0.05) is 36.2 Å². The lowest BCUT2D eigenvalue weighted by atomic mass is 9.44. The number of epoxide rings is 1. The fourth-order valence-corrected chi connectivity index (χ4v) is 13.7. The molecule has 0 radical (unpaired) electrons. The number of anilines is 1. The average Bonchev–Trinajstić information content (AvgIpc) is 3.81. The topological polar surface area (TPSA) is 171 Å². The molecule has 10 heteroatoms. The highest BCUT2D eigenvalue weighted by Gasteiger charge is 2.72. The van der Waals surface area contributed by atoms with Crippen LogP contribution >= 0.6 is 0 Å². The first-order chi connectivity index (χ1) is 25.9. The summed E-state index contributed by atoms with van der Waals surface area (Å²) in [4.78, 5) is 29.9.